The molecule has 0 unspecified atom stereocenters. The van der Waals surface area contributed by atoms with Crippen LogP contribution in [0.1, 0.15) is 12.0 Å². The predicted molar refractivity (Wildman–Crippen MR) is 114 cm³/mol. The number of fused-ring (bicyclic) bond motifs is 1. The van der Waals surface area contributed by atoms with Crippen molar-refractivity contribution in [1.82, 2.24) is 4.90 Å². The molecular weight excluding hydrogens is 332 g/mol. The van der Waals surface area contributed by atoms with Crippen LogP contribution in [0.2, 0.25) is 0 Å². The number of anilines is 1. The highest BCUT2D eigenvalue weighted by Crippen LogP contribution is 2.22. The molecule has 139 valence electrons. The lowest BCUT2D eigenvalue weighted by molar-refractivity contribution is 0.261. The maximum Gasteiger partial charge on any atom is 0.119 e. The average molecular weight is 359 g/mol. The third-order valence-corrected chi connectivity index (χ3v) is 5.44. The van der Waals surface area contributed by atoms with Gasteiger partial charge in [0.25, 0.3) is 0 Å². The van der Waals surface area contributed by atoms with Gasteiger partial charge < -0.3 is 9.64 Å². The van der Waals surface area contributed by atoms with Crippen molar-refractivity contribution in [2.75, 3.05) is 44.7 Å². The van der Waals surface area contributed by atoms with Crippen molar-refractivity contribution in [3.63, 3.8) is 0 Å². The van der Waals surface area contributed by atoms with Crippen LogP contribution >= 0.6 is 0 Å². The van der Waals surface area contributed by atoms with E-state index in [4.69, 9.17) is 4.74 Å². The standard InChI is InChI=1S/C24H27N2O/c1-27-23-13-11-22(12-14-23)26-18-16-25(17-19-26)15-5-9-21-8-4-7-20-6-2-3-10-24(20)21/h2-4,6-14H,5,15-19H2,1H3. The van der Waals surface area contributed by atoms with Crippen LogP contribution in [0.15, 0.2) is 66.7 Å². The lowest BCUT2D eigenvalue weighted by atomic mass is 10.0. The van der Waals surface area contributed by atoms with Crippen LogP contribution in [0.4, 0.5) is 5.69 Å². The van der Waals surface area contributed by atoms with Crippen molar-refractivity contribution in [1.29, 1.82) is 0 Å². The highest BCUT2D eigenvalue weighted by atomic mass is 16.5. The minimum Gasteiger partial charge on any atom is -0.497 e. The van der Waals surface area contributed by atoms with Crippen LogP contribution in [0.25, 0.3) is 10.8 Å². The van der Waals surface area contributed by atoms with Gasteiger partial charge in [-0.15, -0.1) is 0 Å². The summed E-state index contributed by atoms with van der Waals surface area (Å²) in [5.41, 5.74) is 2.64. The van der Waals surface area contributed by atoms with Crippen molar-refractivity contribution < 1.29 is 4.74 Å². The number of hydrogen-bond donors (Lipinski definition) is 0. The molecular formula is C24H27N2O. The summed E-state index contributed by atoms with van der Waals surface area (Å²) >= 11 is 0. The molecule has 3 nitrogen and oxygen atoms in total. The van der Waals surface area contributed by atoms with Crippen LogP contribution < -0.4 is 9.64 Å². The van der Waals surface area contributed by atoms with Crippen molar-refractivity contribution in [2.45, 2.75) is 6.42 Å². The zero-order chi connectivity index (χ0) is 18.5. The number of methoxy groups -OCH3 is 1. The molecule has 0 N–H and O–H groups in total. The first-order chi connectivity index (χ1) is 13.3. The normalized spacial score (nSPS) is 15.2. The minimum atomic E-state index is 0.918. The van der Waals surface area contributed by atoms with E-state index in [-0.39, 0.29) is 0 Å². The molecule has 1 radical (unpaired) electrons. The quantitative estimate of drug-likeness (QED) is 0.639. The Hall–Kier alpha value is -2.52. The molecule has 27 heavy (non-hydrogen) atoms. The van der Waals surface area contributed by atoms with Gasteiger partial charge in [-0.25, -0.2) is 0 Å². The monoisotopic (exact) mass is 359 g/mol. The largest absolute Gasteiger partial charge is 0.497 e. The zero-order valence-electron chi connectivity index (χ0n) is 16.0. The maximum atomic E-state index is 5.25. The Morgan fingerprint density at radius 3 is 2.37 bits per heavy atom. The molecule has 1 aliphatic rings. The molecule has 0 aliphatic carbocycles. The Bertz CT molecular complexity index is 862. The molecule has 0 amide bonds. The predicted octanol–water partition coefficient (Wildman–Crippen LogP) is 4.61. The summed E-state index contributed by atoms with van der Waals surface area (Å²) in [6, 6.07) is 23.6. The van der Waals surface area contributed by atoms with E-state index in [1.165, 1.54) is 22.0 Å². The fourth-order valence-corrected chi connectivity index (χ4v) is 3.85. The molecule has 4 rings (SSSR count). The number of hydrogen-bond acceptors (Lipinski definition) is 3. The third-order valence-electron chi connectivity index (χ3n) is 5.44. The average Bonchev–Trinajstić information content (AvgIpc) is 2.74. The summed E-state index contributed by atoms with van der Waals surface area (Å²) < 4.78 is 5.25. The lowest BCUT2D eigenvalue weighted by Crippen LogP contribution is -2.46. The van der Waals surface area contributed by atoms with E-state index in [0.717, 1.165) is 44.9 Å². The third kappa shape index (κ3) is 4.25. The highest BCUT2D eigenvalue weighted by molar-refractivity contribution is 5.86. The Balaban J connectivity index is 1.27. The van der Waals surface area contributed by atoms with Gasteiger partial charge in [0.15, 0.2) is 0 Å². The van der Waals surface area contributed by atoms with E-state index in [0.29, 0.717) is 0 Å². The molecule has 0 bridgehead atoms. The van der Waals surface area contributed by atoms with Crippen LogP contribution in [-0.4, -0.2) is 44.7 Å². The van der Waals surface area contributed by atoms with E-state index in [9.17, 15) is 0 Å². The summed E-state index contributed by atoms with van der Waals surface area (Å²) in [7, 11) is 1.71. The lowest BCUT2D eigenvalue weighted by Gasteiger charge is -2.36. The topological polar surface area (TPSA) is 15.7 Å². The molecule has 3 aromatic rings. The summed E-state index contributed by atoms with van der Waals surface area (Å²) in [6.45, 7) is 5.53. The van der Waals surface area contributed by atoms with Gasteiger partial charge in [-0.2, -0.15) is 0 Å². The van der Waals surface area contributed by atoms with Gasteiger partial charge in [0.1, 0.15) is 5.75 Å². The number of piperazine rings is 1. The second-order valence-corrected chi connectivity index (χ2v) is 7.09. The van der Waals surface area contributed by atoms with Gasteiger partial charge in [0.2, 0.25) is 0 Å². The number of rotatable bonds is 6. The van der Waals surface area contributed by atoms with Gasteiger partial charge in [-0.1, -0.05) is 42.5 Å². The van der Waals surface area contributed by atoms with Crippen LogP contribution in [-0.2, 0) is 0 Å². The van der Waals surface area contributed by atoms with Crippen molar-refractivity contribution in [3.05, 3.63) is 78.7 Å². The van der Waals surface area contributed by atoms with E-state index in [1.807, 2.05) is 12.1 Å². The minimum absolute atomic E-state index is 0.918. The first-order valence-electron chi connectivity index (χ1n) is 9.76. The van der Waals surface area contributed by atoms with Crippen molar-refractivity contribution in [3.8, 4) is 5.75 Å². The van der Waals surface area contributed by atoms with Gasteiger partial charge in [-0.3, -0.25) is 4.90 Å². The molecule has 0 spiro atoms. The first kappa shape index (κ1) is 17.9. The van der Waals surface area contributed by atoms with Crippen LogP contribution in [0, 0.1) is 6.42 Å². The first-order valence-corrected chi connectivity index (χ1v) is 9.76. The highest BCUT2D eigenvalue weighted by Gasteiger charge is 2.17. The van der Waals surface area contributed by atoms with E-state index < -0.39 is 0 Å². The summed E-state index contributed by atoms with van der Waals surface area (Å²) in [5.74, 6) is 0.918. The number of ether oxygens (including phenoxy) is 1. The smallest absolute Gasteiger partial charge is 0.119 e. The van der Waals surface area contributed by atoms with Gasteiger partial charge in [0, 0.05) is 31.9 Å². The second kappa shape index (κ2) is 8.45. The fourth-order valence-electron chi connectivity index (χ4n) is 3.85. The van der Waals surface area contributed by atoms with Crippen LogP contribution in [0.5, 0.6) is 5.75 Å². The molecule has 3 aromatic carbocycles. The van der Waals surface area contributed by atoms with Gasteiger partial charge in [0.05, 0.1) is 7.11 Å². The zero-order valence-corrected chi connectivity index (χ0v) is 16.0. The Labute approximate surface area is 162 Å². The van der Waals surface area contributed by atoms with E-state index >= 15 is 0 Å². The number of benzene rings is 3. The van der Waals surface area contributed by atoms with Gasteiger partial charge >= 0.3 is 0 Å². The molecule has 1 heterocycles. The van der Waals surface area contributed by atoms with Crippen LogP contribution in [0.3, 0.4) is 0 Å². The molecule has 1 fully saturated rings. The Morgan fingerprint density at radius 2 is 1.59 bits per heavy atom. The maximum absolute atomic E-state index is 5.25. The summed E-state index contributed by atoms with van der Waals surface area (Å²) in [5, 5.41) is 2.67. The molecule has 1 saturated heterocycles. The van der Waals surface area contributed by atoms with E-state index in [2.05, 4.69) is 70.8 Å². The van der Waals surface area contributed by atoms with Crippen molar-refractivity contribution in [2.24, 2.45) is 0 Å². The SMILES string of the molecule is COc1ccc(N2CCN(CC[CH]c3cccc4ccccc34)CC2)cc1. The molecule has 0 saturated carbocycles. The molecule has 0 aromatic heterocycles. The van der Waals surface area contributed by atoms with Crippen molar-refractivity contribution >= 4 is 16.5 Å². The summed E-state index contributed by atoms with van der Waals surface area (Å²) in [6.07, 6.45) is 3.48. The molecule has 1 aliphatic heterocycles. The summed E-state index contributed by atoms with van der Waals surface area (Å²) in [4.78, 5) is 5.03. The Kier molecular flexibility index (Phi) is 5.59. The fraction of sp³-hybridized carbons (Fsp3) is 0.292. The van der Waals surface area contributed by atoms with E-state index in [1.54, 1.807) is 7.11 Å². The molecule has 3 heteroatoms. The van der Waals surface area contributed by atoms with Gasteiger partial charge in [-0.05, 0) is 60.0 Å². The Morgan fingerprint density at radius 1 is 0.852 bits per heavy atom. The second-order valence-electron chi connectivity index (χ2n) is 7.09. The molecule has 0 atom stereocenters. The number of nitrogens with zero attached hydrogens (tertiary/aromatic N) is 2.